The Morgan fingerprint density at radius 1 is 1.14 bits per heavy atom. The van der Waals surface area contributed by atoms with Crippen LogP contribution in [0.1, 0.15) is 34.8 Å². The maximum Gasteiger partial charge on any atom is 0.433 e. The van der Waals surface area contributed by atoms with Gasteiger partial charge in [0.25, 0.3) is 0 Å². The zero-order valence-corrected chi connectivity index (χ0v) is 18.6. The molecule has 0 aliphatic rings. The largest absolute Gasteiger partial charge is 0.466 e. The van der Waals surface area contributed by atoms with Crippen molar-refractivity contribution in [3.8, 4) is 0 Å². The van der Waals surface area contributed by atoms with Crippen molar-refractivity contribution >= 4 is 62.2 Å². The van der Waals surface area contributed by atoms with Gasteiger partial charge in [0.05, 0.1) is 6.42 Å². The Labute approximate surface area is 184 Å². The van der Waals surface area contributed by atoms with Crippen LogP contribution in [0.5, 0.6) is 0 Å². The van der Waals surface area contributed by atoms with E-state index in [1.165, 1.54) is 25.1 Å². The lowest BCUT2D eigenvalue weighted by Gasteiger charge is -2.36. The number of hydrogen-bond acceptors (Lipinski definition) is 3. The van der Waals surface area contributed by atoms with Crippen LogP contribution in [0.2, 0.25) is 10.0 Å². The van der Waals surface area contributed by atoms with E-state index < -0.39 is 29.5 Å². The molecule has 0 bridgehead atoms. The van der Waals surface area contributed by atoms with Gasteiger partial charge in [0, 0.05) is 32.6 Å². The van der Waals surface area contributed by atoms with Crippen LogP contribution in [0.15, 0.2) is 40.9 Å². The van der Waals surface area contributed by atoms with Crippen LogP contribution in [-0.4, -0.2) is 17.0 Å². The van der Waals surface area contributed by atoms with Gasteiger partial charge in [-0.15, -0.1) is 0 Å². The Morgan fingerprint density at radius 3 is 2.18 bits per heavy atom. The van der Waals surface area contributed by atoms with Crippen LogP contribution >= 0.6 is 51.3 Å². The summed E-state index contributed by atoms with van der Waals surface area (Å²) < 4.78 is 48.7. The molecule has 0 saturated heterocycles. The van der Waals surface area contributed by atoms with Crippen LogP contribution in [0.4, 0.5) is 13.2 Å². The van der Waals surface area contributed by atoms with Crippen molar-refractivity contribution in [1.29, 1.82) is 0 Å². The lowest BCUT2D eigenvalue weighted by atomic mass is 9.85. The standard InChI is InChI=1S/C19H14BrCl2F3O2S/c1-10-5-12(3-4-16(10)20)17(26)9-18(19(23,24)25,27-11(2)28)13-6-14(21)8-15(22)7-13/h3-8H,9H2,1-2H3. The van der Waals surface area contributed by atoms with Crippen molar-refractivity contribution in [2.24, 2.45) is 0 Å². The summed E-state index contributed by atoms with van der Waals surface area (Å²) in [5.41, 5.74) is -2.59. The minimum absolute atomic E-state index is 0.0197. The number of hydrogen-bond donors (Lipinski definition) is 0. The van der Waals surface area contributed by atoms with Crippen molar-refractivity contribution in [2.45, 2.75) is 32.0 Å². The van der Waals surface area contributed by atoms with Gasteiger partial charge in [-0.05, 0) is 55.0 Å². The van der Waals surface area contributed by atoms with Crippen LogP contribution in [-0.2, 0) is 10.3 Å². The van der Waals surface area contributed by atoms with Crippen molar-refractivity contribution in [3.05, 3.63) is 67.6 Å². The average molecular weight is 514 g/mol. The van der Waals surface area contributed by atoms with Crippen LogP contribution in [0.3, 0.4) is 0 Å². The number of Topliss-reactive ketones (excluding diaryl/α,β-unsaturated/α-hetero) is 1. The Morgan fingerprint density at radius 2 is 1.71 bits per heavy atom. The molecule has 150 valence electrons. The normalized spacial score (nSPS) is 13.7. The zero-order chi connectivity index (χ0) is 21.3. The van der Waals surface area contributed by atoms with Gasteiger partial charge in [-0.25, -0.2) is 0 Å². The number of benzene rings is 2. The van der Waals surface area contributed by atoms with Crippen LogP contribution < -0.4 is 0 Å². The maximum absolute atomic E-state index is 14.3. The van der Waals surface area contributed by atoms with E-state index in [4.69, 9.17) is 40.2 Å². The average Bonchev–Trinajstić information content (AvgIpc) is 2.54. The first-order valence-electron chi connectivity index (χ1n) is 7.88. The number of halogens is 6. The fourth-order valence-electron chi connectivity index (χ4n) is 2.70. The Kier molecular flexibility index (Phi) is 7.18. The molecule has 1 atom stereocenters. The molecular weight excluding hydrogens is 500 g/mol. The molecule has 0 saturated carbocycles. The Bertz CT molecular complexity index is 914. The van der Waals surface area contributed by atoms with Gasteiger partial charge >= 0.3 is 6.18 Å². The predicted octanol–water partition coefficient (Wildman–Crippen LogP) is 7.46. The quantitative estimate of drug-likeness (QED) is 0.306. The number of carbonyl (C=O) groups is 1. The first kappa shape index (κ1) is 23.1. The van der Waals surface area contributed by atoms with Gasteiger partial charge in [0.1, 0.15) is 0 Å². The first-order chi connectivity index (χ1) is 12.9. The minimum atomic E-state index is -4.97. The maximum atomic E-state index is 14.3. The molecule has 1 unspecified atom stereocenters. The molecule has 0 aliphatic carbocycles. The zero-order valence-electron chi connectivity index (χ0n) is 14.7. The van der Waals surface area contributed by atoms with E-state index in [0.717, 1.165) is 16.6 Å². The predicted molar refractivity (Wildman–Crippen MR) is 111 cm³/mol. The molecule has 0 fully saturated rings. The Balaban J connectivity index is 2.64. The second-order valence-electron chi connectivity index (χ2n) is 6.14. The monoisotopic (exact) mass is 512 g/mol. The SMILES string of the molecule is CC(=S)OC(CC(=O)c1ccc(Br)c(C)c1)(c1cc(Cl)cc(Cl)c1)C(F)(F)F. The first-order valence-corrected chi connectivity index (χ1v) is 9.83. The fraction of sp³-hybridized carbons (Fsp3) is 0.263. The molecule has 0 aromatic heterocycles. The number of carbonyl (C=O) groups excluding carboxylic acids is 1. The summed E-state index contributed by atoms with van der Waals surface area (Å²) in [4.78, 5) is 12.8. The molecule has 2 aromatic rings. The van der Waals surface area contributed by atoms with Crippen molar-refractivity contribution < 1.29 is 22.7 Å². The topological polar surface area (TPSA) is 26.3 Å². The highest BCUT2D eigenvalue weighted by Crippen LogP contribution is 2.47. The fourth-order valence-corrected chi connectivity index (χ4v) is 3.61. The number of thiocarbonyl (C=S) groups is 1. The molecule has 0 N–H and O–H groups in total. The van der Waals surface area contributed by atoms with E-state index in [2.05, 4.69) is 15.9 Å². The van der Waals surface area contributed by atoms with Gasteiger partial charge in [-0.1, -0.05) is 45.2 Å². The lowest BCUT2D eigenvalue weighted by Crippen LogP contribution is -2.47. The summed E-state index contributed by atoms with van der Waals surface area (Å²) in [5.74, 6) is -0.764. The minimum Gasteiger partial charge on any atom is -0.466 e. The highest BCUT2D eigenvalue weighted by Gasteiger charge is 2.60. The summed E-state index contributed by atoms with van der Waals surface area (Å²) in [6.45, 7) is 2.93. The van der Waals surface area contributed by atoms with E-state index in [-0.39, 0.29) is 20.7 Å². The number of rotatable bonds is 5. The van der Waals surface area contributed by atoms with Gasteiger partial charge in [0.2, 0.25) is 5.60 Å². The lowest BCUT2D eigenvalue weighted by molar-refractivity contribution is -0.257. The van der Waals surface area contributed by atoms with E-state index in [1.54, 1.807) is 13.0 Å². The molecule has 2 nitrogen and oxygen atoms in total. The third-order valence-corrected chi connectivity index (χ3v) is 5.40. The molecule has 2 rings (SSSR count). The third-order valence-electron chi connectivity index (χ3n) is 3.99. The van der Waals surface area contributed by atoms with Gasteiger partial charge in [-0.2, -0.15) is 13.2 Å². The molecule has 0 radical (unpaired) electrons. The highest BCUT2D eigenvalue weighted by molar-refractivity contribution is 9.10. The molecule has 0 spiro atoms. The second kappa shape index (κ2) is 8.69. The smallest absolute Gasteiger partial charge is 0.433 e. The molecule has 0 heterocycles. The van der Waals surface area contributed by atoms with Gasteiger partial charge < -0.3 is 4.74 Å². The van der Waals surface area contributed by atoms with E-state index in [1.807, 2.05) is 0 Å². The number of alkyl halides is 3. The summed E-state index contributed by atoms with van der Waals surface area (Å²) in [5, 5.41) is -0.407. The summed E-state index contributed by atoms with van der Waals surface area (Å²) in [6.07, 6.45) is -6.00. The van der Waals surface area contributed by atoms with E-state index >= 15 is 0 Å². The molecule has 0 amide bonds. The molecule has 0 aliphatic heterocycles. The third kappa shape index (κ3) is 5.06. The second-order valence-corrected chi connectivity index (χ2v) is 8.44. The van der Waals surface area contributed by atoms with Crippen LogP contribution in [0.25, 0.3) is 0 Å². The van der Waals surface area contributed by atoms with Crippen molar-refractivity contribution in [2.75, 3.05) is 0 Å². The molecular formula is C19H14BrCl2F3O2S. The highest BCUT2D eigenvalue weighted by atomic mass is 79.9. The van der Waals surface area contributed by atoms with Gasteiger partial charge in [0.15, 0.2) is 10.8 Å². The molecule has 2 aromatic carbocycles. The Hall–Kier alpha value is -1.15. The number of ether oxygens (including phenoxy) is 1. The van der Waals surface area contributed by atoms with E-state index in [9.17, 15) is 18.0 Å². The molecule has 28 heavy (non-hydrogen) atoms. The van der Waals surface area contributed by atoms with Crippen molar-refractivity contribution in [3.63, 3.8) is 0 Å². The van der Waals surface area contributed by atoms with E-state index in [0.29, 0.717) is 5.56 Å². The van der Waals surface area contributed by atoms with Gasteiger partial charge in [-0.3, -0.25) is 4.79 Å². The summed E-state index contributed by atoms with van der Waals surface area (Å²) >= 11 is 19.9. The summed E-state index contributed by atoms with van der Waals surface area (Å²) in [7, 11) is 0. The van der Waals surface area contributed by atoms with Crippen molar-refractivity contribution in [1.82, 2.24) is 0 Å². The number of ketones is 1. The molecule has 9 heteroatoms. The summed E-state index contributed by atoms with van der Waals surface area (Å²) in [6, 6.07) is 7.97. The van der Waals surface area contributed by atoms with Crippen LogP contribution in [0, 0.1) is 6.92 Å². The number of aryl methyl sites for hydroxylation is 1.